The Morgan fingerprint density at radius 2 is 2.00 bits per heavy atom. The molecule has 5 heteroatoms. The molecule has 1 heterocycles. The molecule has 23 heavy (non-hydrogen) atoms. The topological polar surface area (TPSA) is 32.6 Å². The van der Waals surface area contributed by atoms with Crippen LogP contribution in [-0.4, -0.2) is 36.1 Å². The minimum atomic E-state index is 0.757. The molecule has 4 nitrogen and oxygen atoms in total. The summed E-state index contributed by atoms with van der Waals surface area (Å²) in [5.74, 6) is 0.884. The van der Waals surface area contributed by atoms with Gasteiger partial charge < -0.3 is 14.8 Å². The standard InChI is InChI=1S/C18H25ClN4/c1-14-5-7-15(8-6-14)9-10-21-18(20-2)23(4)13-17-11-16(19)12-22(17)3/h5-8,11-12H,9-10,13H2,1-4H3,(H,20,21). The first-order valence-electron chi connectivity index (χ1n) is 7.77. The molecule has 1 aromatic heterocycles. The number of aliphatic imine (C=N–C) groups is 1. The number of benzene rings is 1. The maximum atomic E-state index is 6.04. The summed E-state index contributed by atoms with van der Waals surface area (Å²) in [4.78, 5) is 6.45. The monoisotopic (exact) mass is 332 g/mol. The van der Waals surface area contributed by atoms with Crippen LogP contribution >= 0.6 is 11.6 Å². The van der Waals surface area contributed by atoms with Gasteiger partial charge in [0.1, 0.15) is 0 Å². The first kappa shape index (κ1) is 17.4. The molecule has 0 spiro atoms. The molecule has 0 radical (unpaired) electrons. The summed E-state index contributed by atoms with van der Waals surface area (Å²) in [7, 11) is 5.84. The van der Waals surface area contributed by atoms with Crippen LogP contribution in [0, 0.1) is 6.92 Å². The van der Waals surface area contributed by atoms with Crippen molar-refractivity contribution in [3.05, 3.63) is 58.4 Å². The third-order valence-electron chi connectivity index (χ3n) is 3.86. The molecule has 0 unspecified atom stereocenters. The number of hydrogen-bond donors (Lipinski definition) is 1. The van der Waals surface area contributed by atoms with Gasteiger partial charge in [0.05, 0.1) is 11.6 Å². The normalized spacial score (nSPS) is 11.6. The molecule has 0 aliphatic carbocycles. The van der Waals surface area contributed by atoms with E-state index in [1.165, 1.54) is 11.1 Å². The lowest BCUT2D eigenvalue weighted by atomic mass is 10.1. The highest BCUT2D eigenvalue weighted by Crippen LogP contribution is 2.14. The number of halogens is 1. The van der Waals surface area contributed by atoms with Crippen LogP contribution < -0.4 is 5.32 Å². The van der Waals surface area contributed by atoms with E-state index in [0.717, 1.165) is 36.2 Å². The maximum Gasteiger partial charge on any atom is 0.193 e. The van der Waals surface area contributed by atoms with Crippen molar-refractivity contribution in [2.45, 2.75) is 19.9 Å². The number of nitrogens with zero attached hydrogens (tertiary/aromatic N) is 3. The van der Waals surface area contributed by atoms with Crippen molar-refractivity contribution in [1.82, 2.24) is 14.8 Å². The Morgan fingerprint density at radius 3 is 2.57 bits per heavy atom. The van der Waals surface area contributed by atoms with E-state index in [-0.39, 0.29) is 0 Å². The number of aryl methyl sites for hydroxylation is 2. The Kier molecular flexibility index (Phi) is 6.11. The van der Waals surface area contributed by atoms with Crippen LogP contribution in [0.2, 0.25) is 5.02 Å². The molecule has 0 amide bonds. The second-order valence-electron chi connectivity index (χ2n) is 5.83. The Hall–Kier alpha value is -1.94. The van der Waals surface area contributed by atoms with Crippen molar-refractivity contribution in [2.24, 2.45) is 12.0 Å². The van der Waals surface area contributed by atoms with E-state index in [0.29, 0.717) is 0 Å². The summed E-state index contributed by atoms with van der Waals surface area (Å²) in [5.41, 5.74) is 3.77. The third kappa shape index (κ3) is 5.03. The minimum absolute atomic E-state index is 0.757. The van der Waals surface area contributed by atoms with Gasteiger partial charge in [-0.05, 0) is 25.0 Å². The van der Waals surface area contributed by atoms with Crippen molar-refractivity contribution in [2.75, 3.05) is 20.6 Å². The van der Waals surface area contributed by atoms with Gasteiger partial charge in [0.15, 0.2) is 5.96 Å². The van der Waals surface area contributed by atoms with Crippen molar-refractivity contribution in [3.8, 4) is 0 Å². The fourth-order valence-corrected chi connectivity index (χ4v) is 2.77. The number of rotatable bonds is 5. The first-order chi connectivity index (χ1) is 11.0. The predicted molar refractivity (Wildman–Crippen MR) is 98.1 cm³/mol. The predicted octanol–water partition coefficient (Wildman–Crippen LogP) is 3.24. The second-order valence-corrected chi connectivity index (χ2v) is 6.26. The highest BCUT2D eigenvalue weighted by molar-refractivity contribution is 6.30. The Labute approximate surface area is 143 Å². The molecule has 0 atom stereocenters. The van der Waals surface area contributed by atoms with Crippen LogP contribution in [0.15, 0.2) is 41.5 Å². The smallest absolute Gasteiger partial charge is 0.193 e. The zero-order valence-electron chi connectivity index (χ0n) is 14.3. The van der Waals surface area contributed by atoms with E-state index in [1.807, 2.05) is 38.0 Å². The van der Waals surface area contributed by atoms with Crippen molar-refractivity contribution in [1.29, 1.82) is 0 Å². The van der Waals surface area contributed by atoms with E-state index >= 15 is 0 Å². The van der Waals surface area contributed by atoms with Gasteiger partial charge in [-0.15, -0.1) is 0 Å². The summed E-state index contributed by atoms with van der Waals surface area (Å²) in [5, 5.41) is 4.17. The quantitative estimate of drug-likeness (QED) is 0.673. The molecule has 0 bridgehead atoms. The van der Waals surface area contributed by atoms with Gasteiger partial charge in [-0.1, -0.05) is 41.4 Å². The average molecular weight is 333 g/mol. The van der Waals surface area contributed by atoms with Crippen molar-refractivity contribution in [3.63, 3.8) is 0 Å². The average Bonchev–Trinajstić information content (AvgIpc) is 2.83. The van der Waals surface area contributed by atoms with Crippen LogP contribution in [0.3, 0.4) is 0 Å². The van der Waals surface area contributed by atoms with Gasteiger partial charge in [-0.2, -0.15) is 0 Å². The van der Waals surface area contributed by atoms with E-state index in [1.54, 1.807) is 0 Å². The summed E-state index contributed by atoms with van der Waals surface area (Å²) >= 11 is 6.04. The van der Waals surface area contributed by atoms with Crippen molar-refractivity contribution >= 4 is 17.6 Å². The molecule has 2 aromatic rings. The molecule has 2 rings (SSSR count). The molecule has 1 aromatic carbocycles. The molecule has 0 saturated carbocycles. The van der Waals surface area contributed by atoms with Crippen LogP contribution in [0.4, 0.5) is 0 Å². The molecule has 0 saturated heterocycles. The minimum Gasteiger partial charge on any atom is -0.356 e. The van der Waals surface area contributed by atoms with Gasteiger partial charge in [0, 0.05) is 39.6 Å². The zero-order valence-corrected chi connectivity index (χ0v) is 15.1. The molecule has 0 fully saturated rings. The Balaban J connectivity index is 1.87. The van der Waals surface area contributed by atoms with Crippen molar-refractivity contribution < 1.29 is 0 Å². The second kappa shape index (κ2) is 8.06. The van der Waals surface area contributed by atoms with E-state index in [4.69, 9.17) is 11.6 Å². The van der Waals surface area contributed by atoms with Gasteiger partial charge in [-0.25, -0.2) is 0 Å². The Bertz CT molecular complexity index is 658. The van der Waals surface area contributed by atoms with Gasteiger partial charge in [0.2, 0.25) is 0 Å². The fraction of sp³-hybridized carbons (Fsp3) is 0.389. The molecule has 1 N–H and O–H groups in total. The SMILES string of the molecule is CN=C(NCCc1ccc(C)cc1)N(C)Cc1cc(Cl)cn1C. The fourth-order valence-electron chi connectivity index (χ4n) is 2.50. The lowest BCUT2D eigenvalue weighted by Crippen LogP contribution is -2.39. The summed E-state index contributed by atoms with van der Waals surface area (Å²) in [6.07, 6.45) is 2.89. The van der Waals surface area contributed by atoms with E-state index < -0.39 is 0 Å². The molecular weight excluding hydrogens is 308 g/mol. The number of hydrogen-bond acceptors (Lipinski definition) is 1. The van der Waals surface area contributed by atoms with E-state index in [9.17, 15) is 0 Å². The number of aromatic nitrogens is 1. The molecule has 0 aliphatic rings. The highest BCUT2D eigenvalue weighted by atomic mass is 35.5. The van der Waals surface area contributed by atoms with Gasteiger partial charge >= 0.3 is 0 Å². The third-order valence-corrected chi connectivity index (χ3v) is 4.07. The zero-order chi connectivity index (χ0) is 16.8. The summed E-state index contributed by atoms with van der Waals surface area (Å²) < 4.78 is 2.04. The summed E-state index contributed by atoms with van der Waals surface area (Å²) in [6, 6.07) is 10.6. The lowest BCUT2D eigenvalue weighted by molar-refractivity contribution is 0.462. The summed E-state index contributed by atoms with van der Waals surface area (Å²) in [6.45, 7) is 3.72. The first-order valence-corrected chi connectivity index (χ1v) is 8.15. The molecule has 0 aliphatic heterocycles. The highest BCUT2D eigenvalue weighted by Gasteiger charge is 2.09. The maximum absolute atomic E-state index is 6.04. The molecule has 124 valence electrons. The largest absolute Gasteiger partial charge is 0.356 e. The van der Waals surface area contributed by atoms with Crippen LogP contribution in [0.5, 0.6) is 0 Å². The van der Waals surface area contributed by atoms with Gasteiger partial charge in [-0.3, -0.25) is 4.99 Å². The van der Waals surface area contributed by atoms with Crippen LogP contribution in [0.1, 0.15) is 16.8 Å². The molecular formula is C18H25ClN4. The van der Waals surface area contributed by atoms with Crippen LogP contribution in [0.25, 0.3) is 0 Å². The number of nitrogens with one attached hydrogen (secondary N) is 1. The van der Waals surface area contributed by atoms with E-state index in [2.05, 4.69) is 46.4 Å². The lowest BCUT2D eigenvalue weighted by Gasteiger charge is -2.22. The number of guanidine groups is 1. The Morgan fingerprint density at radius 1 is 1.30 bits per heavy atom. The van der Waals surface area contributed by atoms with Crippen LogP contribution in [-0.2, 0) is 20.0 Å². The van der Waals surface area contributed by atoms with Gasteiger partial charge in [0.25, 0.3) is 0 Å².